The van der Waals surface area contributed by atoms with E-state index in [0.717, 1.165) is 0 Å². The first-order chi connectivity index (χ1) is 13.1. The molecule has 0 fully saturated rings. The SMILES string of the molecule is CC1(C)c2cc3ccccc3cc2-c2cccc3c2c1cc1ccccc13. The highest BCUT2D eigenvalue weighted by Crippen LogP contribution is 2.50. The molecule has 1 aliphatic rings. The molecule has 0 spiro atoms. The van der Waals surface area contributed by atoms with Gasteiger partial charge in [-0.2, -0.15) is 0 Å². The van der Waals surface area contributed by atoms with Gasteiger partial charge in [-0.3, -0.25) is 0 Å². The number of benzene rings is 5. The minimum atomic E-state index is -0.0317. The summed E-state index contributed by atoms with van der Waals surface area (Å²) in [4.78, 5) is 0. The lowest BCUT2D eigenvalue weighted by molar-refractivity contribution is 0.647. The van der Waals surface area contributed by atoms with Crippen LogP contribution in [0.3, 0.4) is 0 Å². The van der Waals surface area contributed by atoms with E-state index in [1.165, 1.54) is 54.6 Å². The molecule has 128 valence electrons. The largest absolute Gasteiger partial charge is 0.0616 e. The molecule has 0 radical (unpaired) electrons. The van der Waals surface area contributed by atoms with Crippen LogP contribution in [-0.4, -0.2) is 0 Å². The monoisotopic (exact) mass is 344 g/mol. The molecule has 0 saturated carbocycles. The van der Waals surface area contributed by atoms with E-state index in [1.54, 1.807) is 0 Å². The van der Waals surface area contributed by atoms with Crippen molar-refractivity contribution in [3.63, 3.8) is 0 Å². The van der Waals surface area contributed by atoms with Gasteiger partial charge in [0.25, 0.3) is 0 Å². The Morgan fingerprint density at radius 3 is 1.96 bits per heavy atom. The van der Waals surface area contributed by atoms with Gasteiger partial charge >= 0.3 is 0 Å². The second-order valence-electron chi connectivity index (χ2n) is 8.24. The lowest BCUT2D eigenvalue weighted by Gasteiger charge is -2.36. The van der Waals surface area contributed by atoms with Gasteiger partial charge in [0.15, 0.2) is 0 Å². The van der Waals surface area contributed by atoms with Crippen LogP contribution < -0.4 is 0 Å². The Kier molecular flexibility index (Phi) is 2.77. The third-order valence-corrected chi connectivity index (χ3v) is 6.41. The second kappa shape index (κ2) is 4.98. The van der Waals surface area contributed by atoms with Crippen molar-refractivity contribution in [3.05, 3.63) is 96.1 Å². The maximum atomic E-state index is 2.42. The zero-order valence-corrected chi connectivity index (χ0v) is 15.6. The first-order valence-corrected chi connectivity index (χ1v) is 9.63. The topological polar surface area (TPSA) is 0 Å². The van der Waals surface area contributed by atoms with Gasteiger partial charge in [-0.05, 0) is 72.8 Å². The van der Waals surface area contributed by atoms with Crippen LogP contribution >= 0.6 is 0 Å². The normalized spacial score (nSPS) is 14.6. The van der Waals surface area contributed by atoms with Crippen LogP contribution in [0.25, 0.3) is 43.4 Å². The van der Waals surface area contributed by atoms with Crippen molar-refractivity contribution in [2.24, 2.45) is 0 Å². The zero-order chi connectivity index (χ0) is 18.2. The fourth-order valence-corrected chi connectivity index (χ4v) is 5.01. The van der Waals surface area contributed by atoms with Crippen molar-refractivity contribution < 1.29 is 0 Å². The molecule has 0 bridgehead atoms. The van der Waals surface area contributed by atoms with Crippen LogP contribution in [0.15, 0.2) is 84.9 Å². The minimum Gasteiger partial charge on any atom is -0.0616 e. The van der Waals surface area contributed by atoms with Crippen molar-refractivity contribution in [2.45, 2.75) is 19.3 Å². The molecule has 0 saturated heterocycles. The minimum absolute atomic E-state index is 0.0317. The van der Waals surface area contributed by atoms with Gasteiger partial charge in [0.2, 0.25) is 0 Å². The summed E-state index contributed by atoms with van der Waals surface area (Å²) >= 11 is 0. The maximum absolute atomic E-state index is 2.42. The van der Waals surface area contributed by atoms with Gasteiger partial charge in [-0.25, -0.2) is 0 Å². The zero-order valence-electron chi connectivity index (χ0n) is 15.6. The molecule has 0 heteroatoms. The van der Waals surface area contributed by atoms with E-state index in [4.69, 9.17) is 0 Å². The summed E-state index contributed by atoms with van der Waals surface area (Å²) in [5, 5.41) is 8.10. The Morgan fingerprint density at radius 2 is 1.15 bits per heavy atom. The van der Waals surface area contributed by atoms with Gasteiger partial charge in [0.05, 0.1) is 0 Å². The molecule has 0 aromatic heterocycles. The van der Waals surface area contributed by atoms with Crippen molar-refractivity contribution in [3.8, 4) is 11.1 Å². The molecular weight excluding hydrogens is 324 g/mol. The molecule has 0 unspecified atom stereocenters. The second-order valence-corrected chi connectivity index (χ2v) is 8.24. The Morgan fingerprint density at radius 1 is 0.519 bits per heavy atom. The van der Waals surface area contributed by atoms with Crippen molar-refractivity contribution in [1.29, 1.82) is 0 Å². The Bertz CT molecular complexity index is 1390. The van der Waals surface area contributed by atoms with E-state index in [0.29, 0.717) is 0 Å². The summed E-state index contributed by atoms with van der Waals surface area (Å²) in [5.41, 5.74) is 5.59. The van der Waals surface area contributed by atoms with Crippen LogP contribution in [0.5, 0.6) is 0 Å². The Hall–Kier alpha value is -3.12. The average Bonchev–Trinajstić information content (AvgIpc) is 2.71. The van der Waals surface area contributed by atoms with E-state index in [9.17, 15) is 0 Å². The van der Waals surface area contributed by atoms with Crippen molar-refractivity contribution in [2.75, 3.05) is 0 Å². The summed E-state index contributed by atoms with van der Waals surface area (Å²) in [6.07, 6.45) is 0. The summed E-state index contributed by atoms with van der Waals surface area (Å²) in [7, 11) is 0. The standard InChI is InChI=1S/C27H20/c1-27(2)24-15-18-9-4-3-8-17(18)14-23(24)22-13-7-12-21-20-11-6-5-10-19(20)16-25(27)26(21)22/h3-16H,1-2H3. The highest BCUT2D eigenvalue weighted by atomic mass is 14.4. The van der Waals surface area contributed by atoms with Crippen LogP contribution in [-0.2, 0) is 5.41 Å². The fraction of sp³-hybridized carbons (Fsp3) is 0.111. The molecule has 0 aliphatic heterocycles. The quantitative estimate of drug-likeness (QED) is 0.256. The van der Waals surface area contributed by atoms with E-state index >= 15 is 0 Å². The van der Waals surface area contributed by atoms with Crippen LogP contribution in [0.2, 0.25) is 0 Å². The van der Waals surface area contributed by atoms with E-state index in [-0.39, 0.29) is 5.41 Å². The molecule has 0 N–H and O–H groups in total. The smallest absolute Gasteiger partial charge is 0.0159 e. The number of hydrogen-bond acceptors (Lipinski definition) is 0. The first-order valence-electron chi connectivity index (χ1n) is 9.63. The summed E-state index contributed by atoms with van der Waals surface area (Å²) in [5.74, 6) is 0. The highest BCUT2D eigenvalue weighted by molar-refractivity contribution is 6.16. The lowest BCUT2D eigenvalue weighted by atomic mass is 9.67. The Balaban J connectivity index is 1.87. The third kappa shape index (κ3) is 1.88. The van der Waals surface area contributed by atoms with E-state index in [1.807, 2.05) is 0 Å². The molecule has 0 nitrogen and oxygen atoms in total. The summed E-state index contributed by atoms with van der Waals surface area (Å²) in [6, 6.07) is 31.5. The molecule has 5 aromatic rings. The summed E-state index contributed by atoms with van der Waals surface area (Å²) < 4.78 is 0. The molecule has 0 amide bonds. The molecular formula is C27H20. The van der Waals surface area contributed by atoms with Crippen LogP contribution in [0, 0.1) is 0 Å². The molecule has 27 heavy (non-hydrogen) atoms. The van der Waals surface area contributed by atoms with Gasteiger partial charge < -0.3 is 0 Å². The maximum Gasteiger partial charge on any atom is 0.0159 e. The van der Waals surface area contributed by atoms with Crippen molar-refractivity contribution >= 4 is 32.3 Å². The van der Waals surface area contributed by atoms with Crippen LogP contribution in [0.1, 0.15) is 25.0 Å². The molecule has 1 aliphatic carbocycles. The first kappa shape index (κ1) is 15.0. The molecule has 6 rings (SSSR count). The van der Waals surface area contributed by atoms with Crippen molar-refractivity contribution in [1.82, 2.24) is 0 Å². The fourth-order valence-electron chi connectivity index (χ4n) is 5.01. The van der Waals surface area contributed by atoms with E-state index in [2.05, 4.69) is 98.8 Å². The predicted octanol–water partition coefficient (Wildman–Crippen LogP) is 7.45. The molecule has 0 heterocycles. The predicted molar refractivity (Wildman–Crippen MR) is 117 cm³/mol. The Labute approximate surface area is 159 Å². The third-order valence-electron chi connectivity index (χ3n) is 6.41. The van der Waals surface area contributed by atoms with Crippen LogP contribution in [0.4, 0.5) is 0 Å². The number of hydrogen-bond donors (Lipinski definition) is 0. The van der Waals surface area contributed by atoms with Gasteiger partial charge in [0, 0.05) is 5.41 Å². The summed E-state index contributed by atoms with van der Waals surface area (Å²) in [6.45, 7) is 4.75. The molecule has 5 aromatic carbocycles. The molecule has 0 atom stereocenters. The number of fused-ring (bicyclic) bond motifs is 5. The van der Waals surface area contributed by atoms with Gasteiger partial charge in [-0.1, -0.05) is 80.6 Å². The van der Waals surface area contributed by atoms with Gasteiger partial charge in [-0.15, -0.1) is 0 Å². The van der Waals surface area contributed by atoms with Gasteiger partial charge in [0.1, 0.15) is 0 Å². The average molecular weight is 344 g/mol. The van der Waals surface area contributed by atoms with E-state index < -0.39 is 0 Å². The highest BCUT2D eigenvalue weighted by Gasteiger charge is 2.34. The lowest BCUT2D eigenvalue weighted by Crippen LogP contribution is -2.23. The number of rotatable bonds is 0.